The Kier molecular flexibility index (Phi) is 3.94. The normalized spacial score (nSPS) is 24.3. The number of benzene rings is 1. The van der Waals surface area contributed by atoms with Gasteiger partial charge in [0.05, 0.1) is 17.2 Å². The highest BCUT2D eigenvalue weighted by Crippen LogP contribution is 2.27. The predicted octanol–water partition coefficient (Wildman–Crippen LogP) is 1.66. The number of hydrogen-bond donors (Lipinski definition) is 1. The van der Waals surface area contributed by atoms with Crippen molar-refractivity contribution in [3.63, 3.8) is 0 Å². The van der Waals surface area contributed by atoms with Crippen molar-refractivity contribution >= 4 is 17.7 Å². The maximum absolute atomic E-state index is 12.2. The number of hydroxylamine groups is 2. The van der Waals surface area contributed by atoms with Crippen molar-refractivity contribution in [2.45, 2.75) is 44.8 Å². The first-order chi connectivity index (χ1) is 10.6. The maximum Gasteiger partial charge on any atom is 0.285 e. The molecule has 1 aromatic carbocycles. The Hall–Kier alpha value is -2.21. The Morgan fingerprint density at radius 2 is 1.64 bits per heavy atom. The molecular formula is C16H18N2O4. The van der Waals surface area contributed by atoms with Gasteiger partial charge in [-0.2, -0.15) is 0 Å². The van der Waals surface area contributed by atoms with Crippen molar-refractivity contribution in [2.75, 3.05) is 0 Å². The summed E-state index contributed by atoms with van der Waals surface area (Å²) in [5.74, 6) is -0.834. The molecule has 0 atom stereocenters. The summed E-state index contributed by atoms with van der Waals surface area (Å²) in [6, 6.07) is 6.87. The van der Waals surface area contributed by atoms with E-state index in [4.69, 9.17) is 4.84 Å². The van der Waals surface area contributed by atoms with E-state index >= 15 is 0 Å². The Morgan fingerprint density at radius 1 is 1.09 bits per heavy atom. The fraction of sp³-hybridized carbons (Fsp3) is 0.438. The summed E-state index contributed by atoms with van der Waals surface area (Å²) in [6.45, 7) is 1.50. The van der Waals surface area contributed by atoms with Gasteiger partial charge < -0.3 is 5.32 Å². The molecule has 0 unspecified atom stereocenters. The SMILES string of the molecule is CC(=O)N[C@H]1CC[C@H](ON2C(=O)c3ccccc3C2=O)CC1. The van der Waals surface area contributed by atoms with Crippen LogP contribution in [0.5, 0.6) is 0 Å². The fourth-order valence-electron chi connectivity index (χ4n) is 3.01. The molecule has 0 bridgehead atoms. The molecule has 1 N–H and O–H groups in total. The van der Waals surface area contributed by atoms with E-state index in [1.54, 1.807) is 24.3 Å². The number of amides is 3. The number of carbonyl (C=O) groups excluding carboxylic acids is 3. The molecule has 0 saturated heterocycles. The van der Waals surface area contributed by atoms with E-state index in [1.165, 1.54) is 6.92 Å². The summed E-state index contributed by atoms with van der Waals surface area (Å²) in [5.41, 5.74) is 0.777. The molecule has 1 heterocycles. The summed E-state index contributed by atoms with van der Waals surface area (Å²) in [7, 11) is 0. The molecule has 1 fully saturated rings. The second-order valence-electron chi connectivity index (χ2n) is 5.73. The van der Waals surface area contributed by atoms with Crippen LogP contribution in [-0.2, 0) is 9.63 Å². The number of nitrogens with one attached hydrogen (secondary N) is 1. The van der Waals surface area contributed by atoms with E-state index < -0.39 is 11.8 Å². The van der Waals surface area contributed by atoms with Gasteiger partial charge in [-0.15, -0.1) is 5.06 Å². The molecule has 1 aliphatic carbocycles. The van der Waals surface area contributed by atoms with Crippen molar-refractivity contribution in [1.29, 1.82) is 0 Å². The minimum atomic E-state index is -0.399. The first kappa shape index (κ1) is 14.7. The highest BCUT2D eigenvalue weighted by molar-refractivity contribution is 6.20. The van der Waals surface area contributed by atoms with Gasteiger partial charge in [-0.1, -0.05) is 12.1 Å². The monoisotopic (exact) mass is 302 g/mol. The number of fused-ring (bicyclic) bond motifs is 1. The van der Waals surface area contributed by atoms with E-state index in [-0.39, 0.29) is 18.1 Å². The second kappa shape index (κ2) is 5.88. The molecular weight excluding hydrogens is 284 g/mol. The highest BCUT2D eigenvalue weighted by Gasteiger charge is 2.38. The number of nitrogens with zero attached hydrogens (tertiary/aromatic N) is 1. The first-order valence-electron chi connectivity index (χ1n) is 7.48. The molecule has 1 aromatic rings. The number of carbonyl (C=O) groups is 3. The van der Waals surface area contributed by atoms with Crippen LogP contribution < -0.4 is 5.32 Å². The summed E-state index contributed by atoms with van der Waals surface area (Å²) >= 11 is 0. The van der Waals surface area contributed by atoms with Crippen LogP contribution in [0.1, 0.15) is 53.3 Å². The lowest BCUT2D eigenvalue weighted by atomic mass is 9.93. The van der Waals surface area contributed by atoms with Crippen molar-refractivity contribution in [3.05, 3.63) is 35.4 Å². The van der Waals surface area contributed by atoms with Gasteiger partial charge in [0.2, 0.25) is 5.91 Å². The van der Waals surface area contributed by atoms with Crippen LogP contribution in [0, 0.1) is 0 Å². The lowest BCUT2D eigenvalue weighted by Crippen LogP contribution is -2.41. The minimum absolute atomic E-state index is 0.0373. The van der Waals surface area contributed by atoms with Gasteiger partial charge >= 0.3 is 0 Å². The van der Waals surface area contributed by atoms with Gasteiger partial charge in [-0.05, 0) is 37.8 Å². The molecule has 1 aliphatic heterocycles. The van der Waals surface area contributed by atoms with Crippen molar-refractivity contribution < 1.29 is 19.2 Å². The average molecular weight is 302 g/mol. The third kappa shape index (κ3) is 2.74. The zero-order chi connectivity index (χ0) is 15.7. The summed E-state index contributed by atoms with van der Waals surface area (Å²) in [4.78, 5) is 41.1. The molecule has 116 valence electrons. The van der Waals surface area contributed by atoms with Crippen LogP contribution in [0.2, 0.25) is 0 Å². The fourth-order valence-corrected chi connectivity index (χ4v) is 3.01. The predicted molar refractivity (Wildman–Crippen MR) is 77.9 cm³/mol. The van der Waals surface area contributed by atoms with Gasteiger partial charge in [0.1, 0.15) is 0 Å². The van der Waals surface area contributed by atoms with Gasteiger partial charge in [-0.3, -0.25) is 19.2 Å². The summed E-state index contributed by atoms with van der Waals surface area (Å²) in [5, 5.41) is 3.77. The van der Waals surface area contributed by atoms with Gasteiger partial charge in [0, 0.05) is 13.0 Å². The lowest BCUT2D eigenvalue weighted by molar-refractivity contribution is -0.143. The van der Waals surface area contributed by atoms with E-state index in [0.717, 1.165) is 17.9 Å². The third-order valence-corrected chi connectivity index (χ3v) is 4.09. The Labute approximate surface area is 128 Å². The van der Waals surface area contributed by atoms with Crippen LogP contribution >= 0.6 is 0 Å². The van der Waals surface area contributed by atoms with Crippen LogP contribution in [0.4, 0.5) is 0 Å². The lowest BCUT2D eigenvalue weighted by Gasteiger charge is -2.30. The highest BCUT2D eigenvalue weighted by atomic mass is 16.7. The molecule has 22 heavy (non-hydrogen) atoms. The Balaban J connectivity index is 1.61. The van der Waals surface area contributed by atoms with Gasteiger partial charge in [0.15, 0.2) is 0 Å². The van der Waals surface area contributed by atoms with Crippen molar-refractivity contribution in [3.8, 4) is 0 Å². The molecule has 2 aliphatic rings. The Morgan fingerprint density at radius 3 is 2.14 bits per heavy atom. The van der Waals surface area contributed by atoms with E-state index in [1.807, 2.05) is 0 Å². The molecule has 6 nitrogen and oxygen atoms in total. The van der Waals surface area contributed by atoms with Crippen LogP contribution in [0.15, 0.2) is 24.3 Å². The topological polar surface area (TPSA) is 75.7 Å². The molecule has 6 heteroatoms. The maximum atomic E-state index is 12.2. The molecule has 3 amide bonds. The van der Waals surface area contributed by atoms with E-state index in [9.17, 15) is 14.4 Å². The van der Waals surface area contributed by atoms with Crippen LogP contribution in [-0.4, -0.2) is 34.9 Å². The van der Waals surface area contributed by atoms with Crippen LogP contribution in [0.25, 0.3) is 0 Å². The summed E-state index contributed by atoms with van der Waals surface area (Å²) < 4.78 is 0. The molecule has 1 saturated carbocycles. The molecule has 0 radical (unpaired) electrons. The Bertz CT molecular complexity index is 585. The standard InChI is InChI=1S/C16H18N2O4/c1-10(19)17-11-6-8-12(9-7-11)22-18-15(20)13-4-2-3-5-14(13)16(18)21/h2-5,11-12H,6-9H2,1H3,(H,17,19)/t11-,12-. The van der Waals surface area contributed by atoms with Gasteiger partial charge in [0.25, 0.3) is 11.8 Å². The second-order valence-corrected chi connectivity index (χ2v) is 5.73. The number of hydrogen-bond acceptors (Lipinski definition) is 4. The third-order valence-electron chi connectivity index (χ3n) is 4.09. The quantitative estimate of drug-likeness (QED) is 0.862. The zero-order valence-corrected chi connectivity index (χ0v) is 12.4. The van der Waals surface area contributed by atoms with Crippen molar-refractivity contribution in [1.82, 2.24) is 10.4 Å². The van der Waals surface area contributed by atoms with Gasteiger partial charge in [-0.25, -0.2) is 0 Å². The smallest absolute Gasteiger partial charge is 0.285 e. The van der Waals surface area contributed by atoms with Crippen molar-refractivity contribution in [2.24, 2.45) is 0 Å². The van der Waals surface area contributed by atoms with Crippen LogP contribution in [0.3, 0.4) is 0 Å². The molecule has 3 rings (SSSR count). The molecule has 0 spiro atoms. The average Bonchev–Trinajstić information content (AvgIpc) is 2.74. The number of imide groups is 1. The molecule has 0 aromatic heterocycles. The number of rotatable bonds is 3. The van der Waals surface area contributed by atoms with E-state index in [2.05, 4.69) is 5.32 Å². The van der Waals surface area contributed by atoms with E-state index in [0.29, 0.717) is 24.0 Å². The largest absolute Gasteiger partial charge is 0.354 e. The minimum Gasteiger partial charge on any atom is -0.354 e. The zero-order valence-electron chi connectivity index (χ0n) is 12.4. The first-order valence-corrected chi connectivity index (χ1v) is 7.48. The summed E-state index contributed by atoms with van der Waals surface area (Å²) in [6.07, 6.45) is 2.81.